The highest BCUT2D eigenvalue weighted by Gasteiger charge is 2.27. The minimum Gasteiger partial charge on any atom is -0.465 e. The van der Waals surface area contributed by atoms with Crippen molar-refractivity contribution in [3.63, 3.8) is 0 Å². The van der Waals surface area contributed by atoms with Crippen LogP contribution in [0.2, 0.25) is 5.15 Å². The second-order valence-electron chi connectivity index (χ2n) is 8.22. The van der Waals surface area contributed by atoms with Crippen LogP contribution < -0.4 is 5.32 Å². The topological polar surface area (TPSA) is 72.5 Å². The van der Waals surface area contributed by atoms with Gasteiger partial charge in [-0.3, -0.25) is 9.69 Å². The number of aryl methyl sites for hydroxylation is 3. The highest BCUT2D eigenvalue weighted by Crippen LogP contribution is 2.25. The monoisotopic (exact) mass is 456 g/mol. The first-order valence-electron chi connectivity index (χ1n) is 10.9. The minimum absolute atomic E-state index is 0.0711. The van der Waals surface area contributed by atoms with Crippen molar-refractivity contribution in [2.24, 2.45) is 0 Å². The zero-order chi connectivity index (χ0) is 22.7. The molecule has 4 rings (SSSR count). The molecule has 0 radical (unpaired) electrons. The van der Waals surface area contributed by atoms with E-state index in [1.165, 1.54) is 5.56 Å². The summed E-state index contributed by atoms with van der Waals surface area (Å²) in [5, 5.41) is 7.90. The van der Waals surface area contributed by atoms with Crippen molar-refractivity contribution in [2.45, 2.75) is 33.4 Å². The fourth-order valence-electron chi connectivity index (χ4n) is 3.99. The number of morpholine rings is 1. The number of furan rings is 1. The summed E-state index contributed by atoms with van der Waals surface area (Å²) < 4.78 is 13.0. The molecule has 3 heterocycles. The van der Waals surface area contributed by atoms with Crippen LogP contribution in [-0.4, -0.2) is 53.4 Å². The van der Waals surface area contributed by atoms with Gasteiger partial charge in [-0.15, -0.1) is 0 Å². The van der Waals surface area contributed by atoms with Crippen molar-refractivity contribution >= 4 is 17.5 Å². The maximum absolute atomic E-state index is 13.1. The second-order valence-corrected chi connectivity index (χ2v) is 8.58. The molecule has 3 aromatic rings. The summed E-state index contributed by atoms with van der Waals surface area (Å²) in [6.07, 6.45) is 0. The van der Waals surface area contributed by atoms with Gasteiger partial charge in [0, 0.05) is 19.6 Å². The summed E-state index contributed by atoms with van der Waals surface area (Å²) in [7, 11) is 0. The predicted molar refractivity (Wildman–Crippen MR) is 123 cm³/mol. The molecule has 1 unspecified atom stereocenters. The van der Waals surface area contributed by atoms with E-state index in [-0.39, 0.29) is 11.9 Å². The van der Waals surface area contributed by atoms with Gasteiger partial charge in [-0.1, -0.05) is 41.4 Å². The number of nitrogens with one attached hydrogen (secondary N) is 1. The van der Waals surface area contributed by atoms with E-state index in [1.807, 2.05) is 45.0 Å². The number of halogens is 1. The molecule has 0 saturated carbocycles. The molecule has 0 bridgehead atoms. The van der Waals surface area contributed by atoms with Gasteiger partial charge < -0.3 is 14.5 Å². The lowest BCUT2D eigenvalue weighted by atomic mass is 10.1. The van der Waals surface area contributed by atoms with Crippen molar-refractivity contribution < 1.29 is 13.9 Å². The van der Waals surface area contributed by atoms with Crippen molar-refractivity contribution in [3.05, 3.63) is 75.5 Å². The largest absolute Gasteiger partial charge is 0.465 e. The van der Waals surface area contributed by atoms with Crippen molar-refractivity contribution in [3.8, 4) is 0 Å². The van der Waals surface area contributed by atoms with Crippen LogP contribution in [0, 0.1) is 20.8 Å². The Morgan fingerprint density at radius 2 is 1.84 bits per heavy atom. The van der Waals surface area contributed by atoms with Crippen LogP contribution >= 0.6 is 11.6 Å². The van der Waals surface area contributed by atoms with Gasteiger partial charge in [-0.2, -0.15) is 5.10 Å². The Hall–Kier alpha value is -2.61. The van der Waals surface area contributed by atoms with Crippen LogP contribution in [0.3, 0.4) is 0 Å². The van der Waals surface area contributed by atoms with Crippen molar-refractivity contribution in [1.82, 2.24) is 20.0 Å². The lowest BCUT2D eigenvalue weighted by molar-refractivity contribution is 0.0117. The summed E-state index contributed by atoms with van der Waals surface area (Å²) >= 11 is 6.58. The van der Waals surface area contributed by atoms with E-state index in [4.69, 9.17) is 20.8 Å². The summed E-state index contributed by atoms with van der Waals surface area (Å²) in [5.74, 6) is 1.45. The average Bonchev–Trinajstić information content (AvgIpc) is 3.33. The number of carbonyl (C=O) groups is 1. The molecule has 170 valence electrons. The molecule has 1 aliphatic heterocycles. The van der Waals surface area contributed by atoms with E-state index in [2.05, 4.69) is 27.4 Å². The normalized spacial score (nSPS) is 15.6. The molecule has 1 N–H and O–H groups in total. The Morgan fingerprint density at radius 3 is 2.50 bits per heavy atom. The van der Waals surface area contributed by atoms with E-state index in [0.717, 1.165) is 30.2 Å². The fourth-order valence-corrected chi connectivity index (χ4v) is 4.31. The first-order valence-corrected chi connectivity index (χ1v) is 11.2. The molecule has 1 saturated heterocycles. The third kappa shape index (κ3) is 5.06. The Balaban J connectivity index is 1.48. The average molecular weight is 457 g/mol. The number of rotatable bonds is 7. The molecule has 7 nitrogen and oxygen atoms in total. The summed E-state index contributed by atoms with van der Waals surface area (Å²) in [5.41, 5.74) is 3.29. The quantitative estimate of drug-likeness (QED) is 0.583. The van der Waals surface area contributed by atoms with Crippen LogP contribution in [0.1, 0.15) is 44.7 Å². The van der Waals surface area contributed by atoms with Gasteiger partial charge in [0.15, 0.2) is 0 Å². The second kappa shape index (κ2) is 9.90. The van der Waals surface area contributed by atoms with Gasteiger partial charge in [0.1, 0.15) is 16.7 Å². The maximum Gasteiger partial charge on any atom is 0.256 e. The Bertz CT molecular complexity index is 1070. The minimum atomic E-state index is -0.232. The van der Waals surface area contributed by atoms with E-state index >= 15 is 0 Å². The van der Waals surface area contributed by atoms with Gasteiger partial charge in [0.05, 0.1) is 37.1 Å². The van der Waals surface area contributed by atoms with E-state index in [9.17, 15) is 4.79 Å². The summed E-state index contributed by atoms with van der Waals surface area (Å²) in [6.45, 7) is 9.60. The third-order valence-electron chi connectivity index (χ3n) is 5.78. The van der Waals surface area contributed by atoms with Crippen LogP contribution in [0.15, 0.2) is 40.8 Å². The van der Waals surface area contributed by atoms with E-state index in [1.54, 1.807) is 4.68 Å². The zero-order valence-corrected chi connectivity index (χ0v) is 19.5. The number of ether oxygens (including phenoxy) is 1. The molecule has 0 spiro atoms. The van der Waals surface area contributed by atoms with Crippen LogP contribution in [0.4, 0.5) is 0 Å². The van der Waals surface area contributed by atoms with Crippen molar-refractivity contribution in [1.29, 1.82) is 0 Å². The van der Waals surface area contributed by atoms with Gasteiger partial charge in [-0.25, -0.2) is 4.68 Å². The lowest BCUT2D eigenvalue weighted by Crippen LogP contribution is -2.43. The number of amides is 1. The number of nitrogens with zero attached hydrogens (tertiary/aromatic N) is 3. The van der Waals surface area contributed by atoms with Gasteiger partial charge in [0.2, 0.25) is 0 Å². The molecule has 1 atom stereocenters. The molecule has 1 aromatic carbocycles. The highest BCUT2D eigenvalue weighted by atomic mass is 35.5. The molecule has 32 heavy (non-hydrogen) atoms. The molecule has 1 fully saturated rings. The molecule has 1 aliphatic rings. The van der Waals surface area contributed by atoms with E-state index in [0.29, 0.717) is 42.7 Å². The van der Waals surface area contributed by atoms with Crippen LogP contribution in [-0.2, 0) is 11.3 Å². The summed E-state index contributed by atoms with van der Waals surface area (Å²) in [4.78, 5) is 15.4. The van der Waals surface area contributed by atoms with Gasteiger partial charge in [-0.05, 0) is 38.5 Å². The number of carbonyl (C=O) groups excluding carboxylic acids is 1. The Kier molecular flexibility index (Phi) is 6.98. The lowest BCUT2D eigenvalue weighted by Gasteiger charge is -2.33. The predicted octanol–water partition coefficient (Wildman–Crippen LogP) is 3.91. The molecular formula is C24H29ClN4O3. The first-order chi connectivity index (χ1) is 15.4. The standard InChI is InChI=1S/C24H29ClN4O3/c1-16-4-7-19(8-5-16)15-29-23(25)22(18(3)27-29)24(30)26-14-20(21-9-6-17(2)32-21)28-10-12-31-13-11-28/h4-9,20H,10-15H2,1-3H3,(H,26,30). The number of benzene rings is 1. The number of aromatic nitrogens is 2. The Morgan fingerprint density at radius 1 is 1.12 bits per heavy atom. The molecule has 2 aromatic heterocycles. The smallest absolute Gasteiger partial charge is 0.256 e. The Labute approximate surface area is 193 Å². The molecule has 1 amide bonds. The van der Waals surface area contributed by atoms with Gasteiger partial charge in [0.25, 0.3) is 5.91 Å². The molecular weight excluding hydrogens is 428 g/mol. The number of hydrogen-bond acceptors (Lipinski definition) is 5. The fraction of sp³-hybridized carbons (Fsp3) is 0.417. The van der Waals surface area contributed by atoms with Crippen molar-refractivity contribution in [2.75, 3.05) is 32.8 Å². The van der Waals surface area contributed by atoms with E-state index < -0.39 is 0 Å². The van der Waals surface area contributed by atoms with Gasteiger partial charge >= 0.3 is 0 Å². The third-order valence-corrected chi connectivity index (χ3v) is 6.16. The first kappa shape index (κ1) is 22.6. The molecule has 8 heteroatoms. The summed E-state index contributed by atoms with van der Waals surface area (Å²) in [6, 6.07) is 12.0. The zero-order valence-electron chi connectivity index (χ0n) is 18.7. The van der Waals surface area contributed by atoms with Crippen LogP contribution in [0.25, 0.3) is 0 Å². The molecule has 0 aliphatic carbocycles. The van der Waals surface area contributed by atoms with Crippen LogP contribution in [0.5, 0.6) is 0 Å². The number of hydrogen-bond donors (Lipinski definition) is 1. The maximum atomic E-state index is 13.1. The highest BCUT2D eigenvalue weighted by molar-refractivity contribution is 6.33. The SMILES string of the molecule is Cc1ccc(Cn2nc(C)c(C(=O)NCC(c3ccc(C)o3)N3CCOCC3)c2Cl)cc1.